The van der Waals surface area contributed by atoms with Gasteiger partial charge in [0.05, 0.1) is 27.4 Å². The molecule has 4 aromatic rings. The second-order valence-electron chi connectivity index (χ2n) is 14.7. The van der Waals surface area contributed by atoms with Gasteiger partial charge in [0, 0.05) is 43.1 Å². The number of allylic oxidation sites excluding steroid dienone is 2. The molecule has 8 rings (SSSR count). The van der Waals surface area contributed by atoms with Gasteiger partial charge in [-0.05, 0) is 24.1 Å². The molecule has 6 atom stereocenters. The van der Waals surface area contributed by atoms with Crippen LogP contribution >= 0.6 is 23.2 Å². The predicted octanol–water partition coefficient (Wildman–Crippen LogP) is 6.89. The molecule has 4 aliphatic rings. The first kappa shape index (κ1) is 39.6. The minimum atomic E-state index is -2.92. The van der Waals surface area contributed by atoms with Crippen molar-refractivity contribution in [3.8, 4) is 5.75 Å². The van der Waals surface area contributed by atoms with Gasteiger partial charge in [0.25, 0.3) is 11.8 Å². The molecule has 21 heteroatoms. The number of hydrogen-bond acceptors (Lipinski definition) is 10. The Bertz CT molecular complexity index is 2660. The number of imide groups is 2. The summed E-state index contributed by atoms with van der Waals surface area (Å²) in [5.41, 5.74) is -4.81. The van der Waals surface area contributed by atoms with Crippen molar-refractivity contribution in [3.63, 3.8) is 0 Å². The number of amides is 4. The van der Waals surface area contributed by atoms with Gasteiger partial charge in [0.15, 0.2) is 38.7 Å². The van der Waals surface area contributed by atoms with E-state index in [1.807, 2.05) is 0 Å². The second kappa shape index (κ2) is 13.2. The molecule has 59 heavy (non-hydrogen) atoms. The third-order valence-electron chi connectivity index (χ3n) is 11.6. The number of carbonyl (C=O) groups excluding carboxylic acids is 4. The van der Waals surface area contributed by atoms with Gasteiger partial charge in [-0.3, -0.25) is 39.4 Å². The van der Waals surface area contributed by atoms with Crippen LogP contribution < -0.4 is 14.7 Å². The highest BCUT2D eigenvalue weighted by Crippen LogP contribution is 2.67. The largest absolute Gasteiger partial charge is 0.507 e. The molecule has 14 nitrogen and oxygen atoms in total. The summed E-state index contributed by atoms with van der Waals surface area (Å²) in [6, 6.07) is 10.7. The molecule has 0 spiro atoms. The Kier molecular flexibility index (Phi) is 8.83. The van der Waals surface area contributed by atoms with E-state index in [9.17, 15) is 57.7 Å². The predicted molar refractivity (Wildman–Crippen MR) is 199 cm³/mol. The summed E-state index contributed by atoms with van der Waals surface area (Å²) < 4.78 is 74.2. The normalized spacial score (nSPS) is 26.2. The molecule has 2 aliphatic heterocycles. The molecule has 2 heterocycles. The smallest absolute Gasteiger partial charge is 0.301 e. The van der Waals surface area contributed by atoms with Crippen LogP contribution in [0, 0.1) is 67.1 Å². The van der Waals surface area contributed by atoms with Crippen LogP contribution in [0.3, 0.4) is 0 Å². The fraction of sp³-hybridized carbons (Fsp3) is 0.263. The van der Waals surface area contributed by atoms with Gasteiger partial charge < -0.3 is 10.0 Å². The number of nitrogens with zero attached hydrogens (tertiary/aromatic N) is 5. The van der Waals surface area contributed by atoms with Crippen molar-refractivity contribution in [1.29, 1.82) is 0 Å². The molecule has 4 aromatic carbocycles. The van der Waals surface area contributed by atoms with Crippen LogP contribution in [0.1, 0.15) is 24.3 Å². The lowest BCUT2D eigenvalue weighted by Crippen LogP contribution is -2.60. The molecule has 4 amide bonds. The lowest BCUT2D eigenvalue weighted by Gasteiger charge is -2.50. The van der Waals surface area contributed by atoms with E-state index < -0.39 is 137 Å². The maximum Gasteiger partial charge on any atom is 0.301 e. The van der Waals surface area contributed by atoms with E-state index in [-0.39, 0.29) is 27.8 Å². The van der Waals surface area contributed by atoms with Gasteiger partial charge in [0.1, 0.15) is 11.4 Å². The minimum Gasteiger partial charge on any atom is -0.507 e. The van der Waals surface area contributed by atoms with Crippen LogP contribution in [0.5, 0.6) is 5.75 Å². The average molecular weight is 861 g/mol. The molecule has 2 saturated heterocycles. The lowest BCUT2D eigenvalue weighted by molar-refractivity contribution is -0.392. The number of phenolic OH excluding ortho intramolecular Hbond substituents is 1. The highest BCUT2D eigenvalue weighted by atomic mass is 35.5. The van der Waals surface area contributed by atoms with Crippen LogP contribution in [0.15, 0.2) is 60.2 Å². The van der Waals surface area contributed by atoms with Crippen molar-refractivity contribution in [2.24, 2.45) is 17.8 Å². The van der Waals surface area contributed by atoms with E-state index in [0.29, 0.717) is 10.3 Å². The maximum absolute atomic E-state index is 15.4. The fourth-order valence-corrected chi connectivity index (χ4v) is 10.1. The lowest BCUT2D eigenvalue weighted by atomic mass is 9.56. The topological polar surface area (TPSA) is 185 Å². The third-order valence-corrected chi connectivity index (χ3v) is 13.0. The van der Waals surface area contributed by atoms with E-state index in [1.165, 1.54) is 38.4 Å². The van der Waals surface area contributed by atoms with Crippen molar-refractivity contribution in [3.05, 3.63) is 115 Å². The first-order chi connectivity index (χ1) is 27.7. The second-order valence-corrected chi connectivity index (χ2v) is 15.9. The molecule has 2 aliphatic carbocycles. The van der Waals surface area contributed by atoms with Crippen LogP contribution in [0.25, 0.3) is 10.8 Å². The minimum absolute atomic E-state index is 0.0198. The first-order valence-corrected chi connectivity index (χ1v) is 18.2. The van der Waals surface area contributed by atoms with Crippen molar-refractivity contribution in [2.45, 2.75) is 28.5 Å². The van der Waals surface area contributed by atoms with Crippen LogP contribution in [0.4, 0.5) is 50.4 Å². The number of benzene rings is 4. The maximum atomic E-state index is 15.4. The number of hydrogen-bond donors (Lipinski definition) is 1. The zero-order valence-electron chi connectivity index (χ0n) is 30.0. The molecule has 0 aromatic heterocycles. The van der Waals surface area contributed by atoms with Crippen LogP contribution in [-0.4, -0.2) is 62.4 Å². The Morgan fingerprint density at radius 2 is 1.37 bits per heavy atom. The summed E-state index contributed by atoms with van der Waals surface area (Å²) >= 11 is 14.4. The van der Waals surface area contributed by atoms with Crippen LogP contribution in [0.2, 0.25) is 0 Å². The summed E-state index contributed by atoms with van der Waals surface area (Å²) in [7, 11) is 2.60. The van der Waals surface area contributed by atoms with E-state index >= 15 is 8.78 Å². The Morgan fingerprint density at radius 3 is 1.95 bits per heavy atom. The molecule has 6 unspecified atom stereocenters. The van der Waals surface area contributed by atoms with Crippen molar-refractivity contribution < 1.29 is 56.1 Å². The number of phenols is 1. The summed E-state index contributed by atoms with van der Waals surface area (Å²) in [6.45, 7) is 0. The Labute approximate surface area is 337 Å². The van der Waals surface area contributed by atoms with Gasteiger partial charge >= 0.3 is 11.4 Å². The monoisotopic (exact) mass is 859 g/mol. The van der Waals surface area contributed by atoms with Crippen molar-refractivity contribution in [1.82, 2.24) is 0 Å². The number of nitro benzene ring substituents is 2. The number of alkyl halides is 2. The number of fused-ring (bicyclic) bond motifs is 5. The number of aromatic hydroxyl groups is 1. The number of halogens is 7. The zero-order valence-corrected chi connectivity index (χ0v) is 31.5. The summed E-state index contributed by atoms with van der Waals surface area (Å²) in [4.78, 5) is 75.7. The Morgan fingerprint density at radius 1 is 0.797 bits per heavy atom. The Hall–Kier alpha value is -6.21. The average Bonchev–Trinajstić information content (AvgIpc) is 3.54. The quantitative estimate of drug-likeness (QED) is 0.0313. The van der Waals surface area contributed by atoms with E-state index in [0.717, 1.165) is 17.0 Å². The number of nitro groups is 2. The van der Waals surface area contributed by atoms with E-state index in [4.69, 9.17) is 23.2 Å². The van der Waals surface area contributed by atoms with Gasteiger partial charge in [-0.2, -0.15) is 0 Å². The molecule has 3 fully saturated rings. The molecular formula is C38H24Cl2F5N5O9. The first-order valence-electron chi connectivity index (χ1n) is 17.4. The Balaban J connectivity index is 1.34. The standard InChI is InChI=1S/C38H24Cl2F5N5O9/c1-46(2)30-21(49(56)57)11-15(12-22(30)50(58)59)47-33(52)18-10-9-17-20(23(18)34(47)53)13-37(39)35(54)48(31-28(44)26(42)25(41)27(43)29(31)45)36(55)38(37,40)24(17)19-8-7-14-5-3-4-6-16(14)32(19)51/h3-9,11-12,18,20,23-24,51H,10,13H2,1-2H3. The van der Waals surface area contributed by atoms with E-state index in [2.05, 4.69) is 0 Å². The number of rotatable bonds is 6. The zero-order chi connectivity index (χ0) is 42.9. The van der Waals surface area contributed by atoms with Gasteiger partial charge in [-0.15, -0.1) is 23.2 Å². The van der Waals surface area contributed by atoms with Crippen molar-refractivity contribution in [2.75, 3.05) is 28.8 Å². The number of carbonyl (C=O) groups is 4. The molecule has 304 valence electrons. The van der Waals surface area contributed by atoms with Gasteiger partial charge in [-0.25, -0.2) is 31.8 Å². The van der Waals surface area contributed by atoms with Gasteiger partial charge in [0.2, 0.25) is 17.6 Å². The summed E-state index contributed by atoms with van der Waals surface area (Å²) in [6.07, 6.45) is 0.201. The molecule has 1 saturated carbocycles. The van der Waals surface area contributed by atoms with E-state index in [1.54, 1.807) is 18.2 Å². The fourth-order valence-electron chi connectivity index (χ4n) is 9.13. The number of anilines is 3. The van der Waals surface area contributed by atoms with Gasteiger partial charge in [-0.1, -0.05) is 48.0 Å². The molecular weight excluding hydrogens is 836 g/mol. The molecule has 0 bridgehead atoms. The SMILES string of the molecule is CN(C)c1c([N+](=O)[O-])cc(N2C(=O)C3CC=C4C(CC5(Cl)C(=O)N(c6c(F)c(F)c(F)c(F)c6F)C(=O)C5(Cl)C4c4ccc5ccccc5c4O)C3C2=O)cc1[N+](=O)[O-]. The highest BCUT2D eigenvalue weighted by Gasteiger charge is 2.77. The third kappa shape index (κ3) is 5.09. The molecule has 0 radical (unpaired) electrons. The highest BCUT2D eigenvalue weighted by molar-refractivity contribution is 6.58. The van der Waals surface area contributed by atoms with Crippen LogP contribution in [-0.2, 0) is 19.2 Å². The summed E-state index contributed by atoms with van der Waals surface area (Å²) in [5.74, 6) is -24.9. The van der Waals surface area contributed by atoms with Crippen molar-refractivity contribution >= 4 is 86.0 Å². The molecule has 1 N–H and O–H groups in total. The summed E-state index contributed by atoms with van der Waals surface area (Å²) in [5, 5.41) is 36.7.